The van der Waals surface area contributed by atoms with E-state index in [9.17, 15) is 18.0 Å². The van der Waals surface area contributed by atoms with Crippen molar-refractivity contribution in [1.29, 1.82) is 0 Å². The second kappa shape index (κ2) is 8.53. The van der Waals surface area contributed by atoms with Gasteiger partial charge < -0.3 is 14.8 Å². The van der Waals surface area contributed by atoms with Crippen LogP contribution in [0.4, 0.5) is 18.9 Å². The van der Waals surface area contributed by atoms with E-state index >= 15 is 0 Å². The summed E-state index contributed by atoms with van der Waals surface area (Å²) in [6.45, 7) is 4.88. The molecule has 10 heteroatoms. The van der Waals surface area contributed by atoms with E-state index in [2.05, 4.69) is 15.3 Å². The molecule has 7 nitrogen and oxygen atoms in total. The van der Waals surface area contributed by atoms with Gasteiger partial charge in [0.05, 0.1) is 42.8 Å². The maximum absolute atomic E-state index is 13.1. The summed E-state index contributed by atoms with van der Waals surface area (Å²) < 4.78 is 52.1. The van der Waals surface area contributed by atoms with Crippen LogP contribution in [0, 0.1) is 0 Å². The summed E-state index contributed by atoms with van der Waals surface area (Å²) in [7, 11) is 0. The lowest BCUT2D eigenvalue weighted by molar-refractivity contribution is -0.137. The van der Waals surface area contributed by atoms with Gasteiger partial charge in [-0.25, -0.2) is 0 Å². The summed E-state index contributed by atoms with van der Waals surface area (Å²) in [6.07, 6.45) is -0.892. The number of hydrogen-bond acceptors (Lipinski definition) is 5. The number of fused-ring (bicyclic) bond motifs is 2. The minimum atomic E-state index is -4.52. The molecule has 0 radical (unpaired) electrons. The Hall–Kier alpha value is -3.37. The number of carbonyl (C=O) groups excluding carboxylic acids is 1. The Morgan fingerprint density at radius 1 is 1.00 bits per heavy atom. The van der Waals surface area contributed by atoms with Crippen molar-refractivity contribution in [2.24, 2.45) is 0 Å². The van der Waals surface area contributed by atoms with Crippen molar-refractivity contribution >= 4 is 11.6 Å². The van der Waals surface area contributed by atoms with Crippen molar-refractivity contribution in [1.82, 2.24) is 14.7 Å². The number of halogens is 3. The predicted octanol–water partition coefficient (Wildman–Crippen LogP) is 4.26. The van der Waals surface area contributed by atoms with Crippen LogP contribution in [-0.4, -0.2) is 53.4 Å². The van der Waals surface area contributed by atoms with Crippen molar-refractivity contribution in [2.45, 2.75) is 12.7 Å². The Morgan fingerprint density at radius 2 is 1.79 bits per heavy atom. The minimum absolute atomic E-state index is 0.0245. The predicted molar refractivity (Wildman–Crippen MR) is 114 cm³/mol. The van der Waals surface area contributed by atoms with Gasteiger partial charge in [-0.15, -0.1) is 0 Å². The van der Waals surface area contributed by atoms with E-state index in [0.717, 1.165) is 62.7 Å². The van der Waals surface area contributed by atoms with Crippen molar-refractivity contribution in [3.8, 4) is 22.6 Å². The van der Waals surface area contributed by atoms with Crippen LogP contribution in [0.25, 0.3) is 11.1 Å². The molecule has 2 aliphatic heterocycles. The number of morpholine rings is 1. The van der Waals surface area contributed by atoms with Gasteiger partial charge in [0.1, 0.15) is 5.75 Å². The standard InChI is InChI=1S/C23H21F3N4O3/c24-23(25,26)17-2-4-21-19(12-17)28-22(31)18-11-15(1-3-20(18)33-21)16-13-27-30(14-16)6-5-29-7-9-32-10-8-29/h1-4,11-14H,5-10H2,(H,28,31). The maximum Gasteiger partial charge on any atom is 0.416 e. The molecule has 3 heterocycles. The Balaban J connectivity index is 1.35. The van der Waals surface area contributed by atoms with Gasteiger partial charge in [0.15, 0.2) is 5.75 Å². The molecule has 0 saturated carbocycles. The van der Waals surface area contributed by atoms with Crippen molar-refractivity contribution in [3.63, 3.8) is 0 Å². The fourth-order valence-corrected chi connectivity index (χ4v) is 3.88. The minimum Gasteiger partial charge on any atom is -0.454 e. The summed E-state index contributed by atoms with van der Waals surface area (Å²) in [5, 5.41) is 6.94. The van der Waals surface area contributed by atoms with Crippen molar-refractivity contribution < 1.29 is 27.4 Å². The highest BCUT2D eigenvalue weighted by Gasteiger charge is 2.32. The molecule has 0 aliphatic carbocycles. The van der Waals surface area contributed by atoms with Gasteiger partial charge in [-0.05, 0) is 35.9 Å². The van der Waals surface area contributed by atoms with Crippen LogP contribution >= 0.6 is 0 Å². The van der Waals surface area contributed by atoms with Gasteiger partial charge in [0.2, 0.25) is 0 Å². The van der Waals surface area contributed by atoms with Crippen molar-refractivity contribution in [3.05, 3.63) is 59.9 Å². The molecule has 3 aromatic rings. The molecular weight excluding hydrogens is 437 g/mol. The van der Waals surface area contributed by atoms with Gasteiger partial charge in [-0.2, -0.15) is 18.3 Å². The monoisotopic (exact) mass is 458 g/mol. The molecule has 1 N–H and O–H groups in total. The van der Waals surface area contributed by atoms with Crippen LogP contribution in [0.3, 0.4) is 0 Å². The zero-order valence-electron chi connectivity index (χ0n) is 17.6. The zero-order valence-corrected chi connectivity index (χ0v) is 17.6. The fraction of sp³-hybridized carbons (Fsp3) is 0.304. The first-order valence-corrected chi connectivity index (χ1v) is 10.5. The third-order valence-electron chi connectivity index (χ3n) is 5.71. The van der Waals surface area contributed by atoms with Crippen LogP contribution in [0.1, 0.15) is 15.9 Å². The smallest absolute Gasteiger partial charge is 0.416 e. The average Bonchev–Trinajstić information content (AvgIpc) is 3.22. The molecule has 2 aliphatic rings. The number of nitrogens with zero attached hydrogens (tertiary/aromatic N) is 3. The number of rotatable bonds is 4. The lowest BCUT2D eigenvalue weighted by Gasteiger charge is -2.26. The normalized spacial score (nSPS) is 16.4. The highest BCUT2D eigenvalue weighted by Crippen LogP contribution is 2.40. The fourth-order valence-electron chi connectivity index (χ4n) is 3.88. The first-order chi connectivity index (χ1) is 15.9. The van der Waals surface area contributed by atoms with Gasteiger partial charge in [-0.3, -0.25) is 14.4 Å². The highest BCUT2D eigenvalue weighted by atomic mass is 19.4. The van der Waals surface area contributed by atoms with Crippen LogP contribution in [0.2, 0.25) is 0 Å². The summed E-state index contributed by atoms with van der Waals surface area (Å²) in [4.78, 5) is 15.1. The lowest BCUT2D eigenvalue weighted by atomic mass is 10.0. The SMILES string of the molecule is O=C1Nc2cc(C(F)(F)F)ccc2Oc2ccc(-c3cnn(CCN4CCOCC4)c3)cc21. The summed E-state index contributed by atoms with van der Waals surface area (Å²) in [6, 6.07) is 8.10. The Kier molecular flexibility index (Phi) is 5.55. The highest BCUT2D eigenvalue weighted by molar-refractivity contribution is 6.08. The molecule has 2 aromatic carbocycles. The number of alkyl halides is 3. The van der Waals surface area contributed by atoms with E-state index in [1.807, 2.05) is 10.9 Å². The number of anilines is 1. The summed E-state index contributed by atoms with van der Waals surface area (Å²) >= 11 is 0. The molecule has 5 rings (SSSR count). The van der Waals surface area contributed by atoms with Gasteiger partial charge in [-0.1, -0.05) is 6.07 Å². The van der Waals surface area contributed by atoms with Crippen molar-refractivity contribution in [2.75, 3.05) is 38.2 Å². The van der Waals surface area contributed by atoms with Gasteiger partial charge in [0, 0.05) is 31.4 Å². The summed E-state index contributed by atoms with van der Waals surface area (Å²) in [5.74, 6) is -0.113. The number of ether oxygens (including phenoxy) is 2. The topological polar surface area (TPSA) is 68.6 Å². The van der Waals surface area contributed by atoms with E-state index in [1.165, 1.54) is 6.07 Å². The molecule has 1 amide bonds. The number of hydrogen-bond donors (Lipinski definition) is 1. The first kappa shape index (κ1) is 21.5. The number of amides is 1. The number of aromatic nitrogens is 2. The Morgan fingerprint density at radius 3 is 2.58 bits per heavy atom. The van der Waals surface area contributed by atoms with E-state index in [1.54, 1.807) is 24.4 Å². The first-order valence-electron chi connectivity index (χ1n) is 10.5. The zero-order chi connectivity index (χ0) is 23.0. The summed E-state index contributed by atoms with van der Waals surface area (Å²) in [5.41, 5.74) is 0.934. The number of nitrogens with one attached hydrogen (secondary N) is 1. The van der Waals surface area contributed by atoms with Crippen LogP contribution in [-0.2, 0) is 17.5 Å². The van der Waals surface area contributed by atoms with Gasteiger partial charge in [0.25, 0.3) is 5.91 Å². The van der Waals surface area contributed by atoms with Crippen LogP contribution in [0.15, 0.2) is 48.8 Å². The largest absolute Gasteiger partial charge is 0.454 e. The lowest BCUT2D eigenvalue weighted by Crippen LogP contribution is -2.38. The molecule has 0 spiro atoms. The second-order valence-electron chi connectivity index (χ2n) is 7.92. The molecule has 33 heavy (non-hydrogen) atoms. The van der Waals surface area contributed by atoms with Crippen LogP contribution in [0.5, 0.6) is 11.5 Å². The van der Waals surface area contributed by atoms with E-state index in [4.69, 9.17) is 9.47 Å². The Labute approximate surface area is 187 Å². The van der Waals surface area contributed by atoms with E-state index in [0.29, 0.717) is 0 Å². The molecule has 0 atom stereocenters. The maximum atomic E-state index is 13.1. The third-order valence-corrected chi connectivity index (χ3v) is 5.71. The molecule has 1 fully saturated rings. The third kappa shape index (κ3) is 4.57. The molecule has 1 saturated heterocycles. The average molecular weight is 458 g/mol. The molecular formula is C23H21F3N4O3. The quantitative estimate of drug-likeness (QED) is 0.633. The van der Waals surface area contributed by atoms with Gasteiger partial charge >= 0.3 is 6.18 Å². The molecule has 1 aromatic heterocycles. The Bertz CT molecular complexity index is 1190. The van der Waals surface area contributed by atoms with E-state index < -0.39 is 17.6 Å². The second-order valence-corrected chi connectivity index (χ2v) is 7.92. The molecule has 172 valence electrons. The number of carbonyl (C=O) groups is 1. The van der Waals surface area contributed by atoms with E-state index in [-0.39, 0.29) is 22.7 Å². The van der Waals surface area contributed by atoms with Crippen LogP contribution < -0.4 is 10.1 Å². The molecule has 0 bridgehead atoms. The number of benzene rings is 2. The molecule has 0 unspecified atom stereocenters.